The van der Waals surface area contributed by atoms with Crippen LogP contribution in [0.4, 0.5) is 11.5 Å². The predicted octanol–water partition coefficient (Wildman–Crippen LogP) is 3.63. The first kappa shape index (κ1) is 19.8. The summed E-state index contributed by atoms with van der Waals surface area (Å²) in [5, 5.41) is 0.934. The summed E-state index contributed by atoms with van der Waals surface area (Å²) in [4.78, 5) is 14.0. The smallest absolute Gasteiger partial charge is 0.162 e. The largest absolute Gasteiger partial charge is 0.495 e. The molecule has 3 aromatic rings. The number of fused-ring (bicyclic) bond motifs is 1. The van der Waals surface area contributed by atoms with Crippen LogP contribution in [-0.4, -0.2) is 57.5 Å². The van der Waals surface area contributed by atoms with Crippen molar-refractivity contribution in [3.05, 3.63) is 48.8 Å². The highest BCUT2D eigenvalue weighted by molar-refractivity contribution is 5.93. The van der Waals surface area contributed by atoms with E-state index < -0.39 is 0 Å². The lowest BCUT2D eigenvalue weighted by atomic mass is 10.1. The molecule has 7 nitrogen and oxygen atoms in total. The molecule has 0 aliphatic carbocycles. The molecule has 1 aliphatic heterocycles. The summed E-state index contributed by atoms with van der Waals surface area (Å²) in [6.07, 6.45) is 1.67. The third kappa shape index (κ3) is 3.58. The quantitative estimate of drug-likeness (QED) is 0.620. The van der Waals surface area contributed by atoms with E-state index in [0.717, 1.165) is 54.3 Å². The molecular weight excluding hydrogens is 380 g/mol. The number of para-hydroxylation sites is 2. The highest BCUT2D eigenvalue weighted by Crippen LogP contribution is 2.36. The fraction of sp³-hybridized carbons (Fsp3) is 0.304. The van der Waals surface area contributed by atoms with Gasteiger partial charge in [-0.3, -0.25) is 0 Å². The summed E-state index contributed by atoms with van der Waals surface area (Å²) in [5.74, 6) is 3.68. The Kier molecular flexibility index (Phi) is 5.61. The summed E-state index contributed by atoms with van der Waals surface area (Å²) in [6, 6.07) is 12.0. The second kappa shape index (κ2) is 8.49. The number of methoxy groups -OCH3 is 3. The van der Waals surface area contributed by atoms with Gasteiger partial charge in [0.25, 0.3) is 0 Å². The molecule has 1 aromatic heterocycles. The maximum absolute atomic E-state index is 5.53. The molecule has 1 fully saturated rings. The molecule has 0 atom stereocenters. The van der Waals surface area contributed by atoms with Crippen LogP contribution in [0, 0.1) is 0 Å². The van der Waals surface area contributed by atoms with E-state index in [2.05, 4.69) is 27.4 Å². The first-order valence-corrected chi connectivity index (χ1v) is 9.87. The van der Waals surface area contributed by atoms with Gasteiger partial charge in [0, 0.05) is 37.6 Å². The van der Waals surface area contributed by atoms with Gasteiger partial charge in [0.1, 0.15) is 11.6 Å². The zero-order valence-electron chi connectivity index (χ0n) is 17.6. The van der Waals surface area contributed by atoms with E-state index in [9.17, 15) is 0 Å². The van der Waals surface area contributed by atoms with Gasteiger partial charge in [0.2, 0.25) is 0 Å². The molecule has 0 saturated carbocycles. The molecule has 0 unspecified atom stereocenters. The Morgan fingerprint density at radius 1 is 0.833 bits per heavy atom. The minimum absolute atomic E-state index is 0.594. The molecule has 1 saturated heterocycles. The van der Waals surface area contributed by atoms with Gasteiger partial charge in [0.05, 0.1) is 32.5 Å². The molecule has 0 N–H and O–H groups in total. The summed E-state index contributed by atoms with van der Waals surface area (Å²) < 4.78 is 16.5. The SMILES string of the molecule is C=Cc1nc(N2CCN(c3ccccc3OC)CC2)c2cc(OC)c(OC)cc2n1. The van der Waals surface area contributed by atoms with Crippen LogP contribution in [0.15, 0.2) is 43.0 Å². The fourth-order valence-corrected chi connectivity index (χ4v) is 3.84. The second-order valence-electron chi connectivity index (χ2n) is 6.98. The van der Waals surface area contributed by atoms with Crippen LogP contribution in [0.25, 0.3) is 17.0 Å². The van der Waals surface area contributed by atoms with Gasteiger partial charge in [-0.05, 0) is 24.3 Å². The van der Waals surface area contributed by atoms with E-state index >= 15 is 0 Å². The maximum atomic E-state index is 5.53. The van der Waals surface area contributed by atoms with E-state index in [0.29, 0.717) is 17.3 Å². The highest BCUT2D eigenvalue weighted by Gasteiger charge is 2.23. The molecule has 0 amide bonds. The summed E-state index contributed by atoms with van der Waals surface area (Å²) in [5.41, 5.74) is 1.92. The number of aromatic nitrogens is 2. The Hall–Kier alpha value is -3.48. The van der Waals surface area contributed by atoms with Crippen molar-refractivity contribution in [2.45, 2.75) is 0 Å². The van der Waals surface area contributed by atoms with Crippen LogP contribution in [0.3, 0.4) is 0 Å². The Morgan fingerprint density at radius 2 is 1.47 bits per heavy atom. The zero-order chi connectivity index (χ0) is 21.1. The van der Waals surface area contributed by atoms with Gasteiger partial charge < -0.3 is 24.0 Å². The number of hydrogen-bond donors (Lipinski definition) is 0. The molecule has 1 aliphatic rings. The lowest BCUT2D eigenvalue weighted by molar-refractivity contribution is 0.356. The van der Waals surface area contributed by atoms with Gasteiger partial charge in [-0.25, -0.2) is 9.97 Å². The van der Waals surface area contributed by atoms with E-state index in [-0.39, 0.29) is 0 Å². The molecule has 4 rings (SSSR count). The van der Waals surface area contributed by atoms with Crippen molar-refractivity contribution in [3.63, 3.8) is 0 Å². The van der Waals surface area contributed by atoms with Crippen LogP contribution in [0.1, 0.15) is 5.82 Å². The zero-order valence-corrected chi connectivity index (χ0v) is 17.6. The normalized spacial score (nSPS) is 14.0. The van der Waals surface area contributed by atoms with Crippen molar-refractivity contribution in [2.24, 2.45) is 0 Å². The Balaban J connectivity index is 1.67. The lowest BCUT2D eigenvalue weighted by Gasteiger charge is -2.37. The molecule has 0 bridgehead atoms. The lowest BCUT2D eigenvalue weighted by Crippen LogP contribution is -2.47. The van der Waals surface area contributed by atoms with Gasteiger partial charge >= 0.3 is 0 Å². The molecule has 7 heteroatoms. The van der Waals surface area contributed by atoms with Crippen LogP contribution in [0.2, 0.25) is 0 Å². The van der Waals surface area contributed by atoms with Gasteiger partial charge in [0.15, 0.2) is 17.3 Å². The number of nitrogens with zero attached hydrogens (tertiary/aromatic N) is 4. The second-order valence-corrected chi connectivity index (χ2v) is 6.98. The number of benzene rings is 2. The standard InChI is InChI=1S/C23H26N4O3/c1-5-22-24-17-15-21(30-4)20(29-3)14-16(17)23(25-22)27-12-10-26(11-13-27)18-8-6-7-9-19(18)28-2/h5-9,14-15H,1,10-13H2,2-4H3. The fourth-order valence-electron chi connectivity index (χ4n) is 3.84. The molecule has 2 heterocycles. The van der Waals surface area contributed by atoms with Crippen molar-refractivity contribution in [1.29, 1.82) is 0 Å². The van der Waals surface area contributed by atoms with E-state index in [4.69, 9.17) is 19.2 Å². The molecular formula is C23H26N4O3. The summed E-state index contributed by atoms with van der Waals surface area (Å²) in [7, 11) is 4.96. The number of rotatable bonds is 6. The van der Waals surface area contributed by atoms with Crippen LogP contribution in [-0.2, 0) is 0 Å². The third-order valence-electron chi connectivity index (χ3n) is 5.39. The van der Waals surface area contributed by atoms with E-state index in [1.807, 2.05) is 30.3 Å². The van der Waals surface area contributed by atoms with Crippen molar-refractivity contribution in [2.75, 3.05) is 57.3 Å². The minimum Gasteiger partial charge on any atom is -0.495 e. The monoisotopic (exact) mass is 406 g/mol. The molecule has 0 spiro atoms. The predicted molar refractivity (Wildman–Crippen MR) is 120 cm³/mol. The van der Waals surface area contributed by atoms with Crippen molar-refractivity contribution in [1.82, 2.24) is 9.97 Å². The minimum atomic E-state index is 0.594. The first-order chi connectivity index (χ1) is 14.7. The van der Waals surface area contributed by atoms with E-state index in [1.54, 1.807) is 27.4 Å². The molecule has 30 heavy (non-hydrogen) atoms. The topological polar surface area (TPSA) is 60.0 Å². The number of piperazine rings is 1. The van der Waals surface area contributed by atoms with Crippen molar-refractivity contribution < 1.29 is 14.2 Å². The van der Waals surface area contributed by atoms with Gasteiger partial charge in [-0.15, -0.1) is 0 Å². The van der Waals surface area contributed by atoms with Crippen LogP contribution < -0.4 is 24.0 Å². The van der Waals surface area contributed by atoms with Gasteiger partial charge in [-0.2, -0.15) is 0 Å². The van der Waals surface area contributed by atoms with Crippen LogP contribution in [0.5, 0.6) is 17.2 Å². The third-order valence-corrected chi connectivity index (χ3v) is 5.39. The average Bonchev–Trinajstić information content (AvgIpc) is 2.82. The average molecular weight is 406 g/mol. The number of ether oxygens (including phenoxy) is 3. The van der Waals surface area contributed by atoms with E-state index in [1.165, 1.54) is 0 Å². The molecule has 2 aromatic carbocycles. The highest BCUT2D eigenvalue weighted by atomic mass is 16.5. The Morgan fingerprint density at radius 3 is 2.13 bits per heavy atom. The molecule has 156 valence electrons. The Labute approximate surface area is 176 Å². The summed E-state index contributed by atoms with van der Waals surface area (Å²) in [6.45, 7) is 7.23. The van der Waals surface area contributed by atoms with Crippen molar-refractivity contribution >= 4 is 28.5 Å². The number of hydrogen-bond acceptors (Lipinski definition) is 7. The number of anilines is 2. The first-order valence-electron chi connectivity index (χ1n) is 9.87. The Bertz CT molecular complexity index is 1060. The van der Waals surface area contributed by atoms with Crippen molar-refractivity contribution in [3.8, 4) is 17.2 Å². The van der Waals surface area contributed by atoms with Crippen LogP contribution >= 0.6 is 0 Å². The maximum Gasteiger partial charge on any atom is 0.162 e. The van der Waals surface area contributed by atoms with Gasteiger partial charge in [-0.1, -0.05) is 18.7 Å². The molecule has 0 radical (unpaired) electrons. The summed E-state index contributed by atoms with van der Waals surface area (Å²) >= 11 is 0.